The SMILES string of the molecule is CCCN1C[C@@H](C)[C@H]2CC[C@H](C)[C@H]2C1=O. The highest BCUT2D eigenvalue weighted by Gasteiger charge is 2.46. The number of hydrogen-bond donors (Lipinski definition) is 0. The normalized spacial score (nSPS) is 40.7. The van der Waals surface area contributed by atoms with Gasteiger partial charge in [-0.1, -0.05) is 20.8 Å². The Balaban J connectivity index is 2.14. The fourth-order valence-electron chi connectivity index (χ4n) is 3.56. The first-order chi connectivity index (χ1) is 7.15. The molecule has 0 aromatic carbocycles. The van der Waals surface area contributed by atoms with Crippen LogP contribution >= 0.6 is 0 Å². The van der Waals surface area contributed by atoms with E-state index >= 15 is 0 Å². The summed E-state index contributed by atoms with van der Waals surface area (Å²) in [5.74, 6) is 2.81. The number of rotatable bonds is 2. The number of likely N-dealkylation sites (tertiary alicyclic amines) is 1. The number of carbonyl (C=O) groups is 1. The second kappa shape index (κ2) is 4.15. The van der Waals surface area contributed by atoms with Gasteiger partial charge in [0.1, 0.15) is 0 Å². The fraction of sp³-hybridized carbons (Fsp3) is 0.923. The quantitative estimate of drug-likeness (QED) is 0.684. The molecule has 0 bridgehead atoms. The summed E-state index contributed by atoms with van der Waals surface area (Å²) in [6, 6.07) is 0. The Kier molecular flexibility index (Phi) is 3.03. The lowest BCUT2D eigenvalue weighted by Gasteiger charge is -2.40. The van der Waals surface area contributed by atoms with Crippen LogP contribution in [0, 0.1) is 23.7 Å². The minimum Gasteiger partial charge on any atom is -0.342 e. The molecule has 1 saturated heterocycles. The Bertz CT molecular complexity index is 251. The van der Waals surface area contributed by atoms with Gasteiger partial charge in [0.2, 0.25) is 5.91 Å². The van der Waals surface area contributed by atoms with Gasteiger partial charge in [-0.15, -0.1) is 0 Å². The molecule has 1 aliphatic carbocycles. The molecule has 2 nitrogen and oxygen atoms in total. The van der Waals surface area contributed by atoms with E-state index in [9.17, 15) is 4.79 Å². The maximum Gasteiger partial charge on any atom is 0.226 e. The van der Waals surface area contributed by atoms with Crippen molar-refractivity contribution in [2.45, 2.75) is 40.0 Å². The first kappa shape index (κ1) is 11.0. The molecular weight excluding hydrogens is 186 g/mol. The van der Waals surface area contributed by atoms with Gasteiger partial charge in [0.05, 0.1) is 0 Å². The van der Waals surface area contributed by atoms with Gasteiger partial charge in [0.15, 0.2) is 0 Å². The van der Waals surface area contributed by atoms with Crippen LogP contribution in [-0.2, 0) is 4.79 Å². The highest BCUT2D eigenvalue weighted by Crippen LogP contribution is 2.44. The first-order valence-corrected chi connectivity index (χ1v) is 6.44. The minimum absolute atomic E-state index is 0.347. The van der Waals surface area contributed by atoms with Crippen LogP contribution in [0.1, 0.15) is 40.0 Å². The van der Waals surface area contributed by atoms with Crippen molar-refractivity contribution in [3.8, 4) is 0 Å². The predicted octanol–water partition coefficient (Wildman–Crippen LogP) is 2.54. The highest BCUT2D eigenvalue weighted by molar-refractivity contribution is 5.80. The summed E-state index contributed by atoms with van der Waals surface area (Å²) in [6.07, 6.45) is 3.62. The third-order valence-corrected chi connectivity index (χ3v) is 4.36. The zero-order valence-corrected chi connectivity index (χ0v) is 10.2. The molecule has 2 aliphatic rings. The van der Waals surface area contributed by atoms with Gasteiger partial charge < -0.3 is 4.90 Å². The van der Waals surface area contributed by atoms with Crippen molar-refractivity contribution in [2.24, 2.45) is 23.7 Å². The number of fused-ring (bicyclic) bond motifs is 1. The first-order valence-electron chi connectivity index (χ1n) is 6.44. The second-order valence-electron chi connectivity index (χ2n) is 5.51. The average molecular weight is 209 g/mol. The topological polar surface area (TPSA) is 20.3 Å². The third-order valence-electron chi connectivity index (χ3n) is 4.36. The average Bonchev–Trinajstić information content (AvgIpc) is 2.57. The summed E-state index contributed by atoms with van der Waals surface area (Å²) < 4.78 is 0. The fourth-order valence-corrected chi connectivity index (χ4v) is 3.56. The van der Waals surface area contributed by atoms with Crippen LogP contribution in [0.4, 0.5) is 0 Å². The Morgan fingerprint density at radius 3 is 2.67 bits per heavy atom. The number of piperidine rings is 1. The van der Waals surface area contributed by atoms with E-state index in [0.29, 0.717) is 29.6 Å². The zero-order chi connectivity index (χ0) is 11.0. The highest BCUT2D eigenvalue weighted by atomic mass is 16.2. The van der Waals surface area contributed by atoms with Crippen LogP contribution in [0.5, 0.6) is 0 Å². The van der Waals surface area contributed by atoms with Gasteiger partial charge in [-0.3, -0.25) is 4.79 Å². The van der Waals surface area contributed by atoms with Gasteiger partial charge in [-0.25, -0.2) is 0 Å². The molecule has 1 aliphatic heterocycles. The molecule has 0 spiro atoms. The third kappa shape index (κ3) is 1.79. The van der Waals surface area contributed by atoms with Gasteiger partial charge in [-0.05, 0) is 37.0 Å². The predicted molar refractivity (Wildman–Crippen MR) is 61.4 cm³/mol. The van der Waals surface area contributed by atoms with E-state index in [2.05, 4.69) is 25.7 Å². The van der Waals surface area contributed by atoms with Crippen LogP contribution in [0.25, 0.3) is 0 Å². The molecule has 0 radical (unpaired) electrons. The van der Waals surface area contributed by atoms with E-state index in [1.165, 1.54) is 12.8 Å². The largest absolute Gasteiger partial charge is 0.342 e. The number of amides is 1. The second-order valence-corrected chi connectivity index (χ2v) is 5.51. The van der Waals surface area contributed by atoms with Crippen molar-refractivity contribution in [1.29, 1.82) is 0 Å². The lowest BCUT2D eigenvalue weighted by molar-refractivity contribution is -0.144. The van der Waals surface area contributed by atoms with Crippen molar-refractivity contribution in [3.05, 3.63) is 0 Å². The molecule has 1 heterocycles. The molecule has 1 saturated carbocycles. The van der Waals surface area contributed by atoms with E-state index < -0.39 is 0 Å². The van der Waals surface area contributed by atoms with Gasteiger partial charge in [0.25, 0.3) is 0 Å². The molecule has 2 heteroatoms. The van der Waals surface area contributed by atoms with E-state index in [1.54, 1.807) is 0 Å². The summed E-state index contributed by atoms with van der Waals surface area (Å²) in [7, 11) is 0. The summed E-state index contributed by atoms with van der Waals surface area (Å²) in [4.78, 5) is 14.4. The van der Waals surface area contributed by atoms with E-state index in [4.69, 9.17) is 0 Å². The maximum absolute atomic E-state index is 12.3. The summed E-state index contributed by atoms with van der Waals surface area (Å²) in [5.41, 5.74) is 0. The standard InChI is InChI=1S/C13H23NO/c1-4-7-14-8-10(3)11-6-5-9(2)12(11)13(14)15/h9-12H,4-8H2,1-3H3/t9-,10+,11+,12+/m0/s1. The van der Waals surface area contributed by atoms with Crippen LogP contribution in [0.3, 0.4) is 0 Å². The molecule has 0 unspecified atom stereocenters. The van der Waals surface area contributed by atoms with Gasteiger partial charge in [0, 0.05) is 19.0 Å². The maximum atomic E-state index is 12.3. The van der Waals surface area contributed by atoms with E-state index in [0.717, 1.165) is 19.5 Å². The minimum atomic E-state index is 0.347. The van der Waals surface area contributed by atoms with Crippen LogP contribution in [-0.4, -0.2) is 23.9 Å². The molecule has 4 atom stereocenters. The summed E-state index contributed by atoms with van der Waals surface area (Å²) >= 11 is 0. The van der Waals surface area contributed by atoms with Crippen molar-refractivity contribution in [2.75, 3.05) is 13.1 Å². The summed E-state index contributed by atoms with van der Waals surface area (Å²) in [5, 5.41) is 0. The van der Waals surface area contributed by atoms with Crippen LogP contribution in [0.15, 0.2) is 0 Å². The summed E-state index contributed by atoms with van der Waals surface area (Å²) in [6.45, 7) is 8.69. The van der Waals surface area contributed by atoms with E-state index in [1.807, 2.05) is 0 Å². The molecule has 0 aromatic heterocycles. The molecule has 15 heavy (non-hydrogen) atoms. The monoisotopic (exact) mass is 209 g/mol. The van der Waals surface area contributed by atoms with E-state index in [-0.39, 0.29) is 0 Å². The Morgan fingerprint density at radius 1 is 1.27 bits per heavy atom. The lowest BCUT2D eigenvalue weighted by Crippen LogP contribution is -2.49. The molecular formula is C13H23NO. The van der Waals surface area contributed by atoms with Crippen molar-refractivity contribution in [1.82, 2.24) is 4.90 Å². The number of carbonyl (C=O) groups excluding carboxylic acids is 1. The molecule has 0 N–H and O–H groups in total. The molecule has 1 amide bonds. The number of hydrogen-bond acceptors (Lipinski definition) is 1. The zero-order valence-electron chi connectivity index (χ0n) is 10.2. The molecule has 2 fully saturated rings. The number of nitrogens with zero attached hydrogens (tertiary/aromatic N) is 1. The Labute approximate surface area is 93.0 Å². The Morgan fingerprint density at radius 2 is 2.00 bits per heavy atom. The molecule has 0 aromatic rings. The van der Waals surface area contributed by atoms with Crippen molar-refractivity contribution >= 4 is 5.91 Å². The molecule has 86 valence electrons. The van der Waals surface area contributed by atoms with Crippen molar-refractivity contribution < 1.29 is 4.79 Å². The van der Waals surface area contributed by atoms with Gasteiger partial charge >= 0.3 is 0 Å². The van der Waals surface area contributed by atoms with Crippen LogP contribution in [0.2, 0.25) is 0 Å². The smallest absolute Gasteiger partial charge is 0.226 e. The van der Waals surface area contributed by atoms with Gasteiger partial charge in [-0.2, -0.15) is 0 Å². The Hall–Kier alpha value is -0.530. The van der Waals surface area contributed by atoms with Crippen LogP contribution < -0.4 is 0 Å². The molecule has 2 rings (SSSR count). The lowest BCUT2D eigenvalue weighted by atomic mass is 9.78. The van der Waals surface area contributed by atoms with Crippen molar-refractivity contribution in [3.63, 3.8) is 0 Å².